The Kier molecular flexibility index (Phi) is 6.79. The van der Waals surface area contributed by atoms with E-state index in [1.165, 1.54) is 0 Å². The van der Waals surface area contributed by atoms with E-state index in [0.717, 1.165) is 43.9 Å². The molecule has 0 fully saturated rings. The van der Waals surface area contributed by atoms with Crippen LogP contribution in [0.2, 0.25) is 0 Å². The van der Waals surface area contributed by atoms with Crippen LogP contribution in [0.5, 0.6) is 0 Å². The van der Waals surface area contributed by atoms with Gasteiger partial charge in [-0.25, -0.2) is 0 Å². The van der Waals surface area contributed by atoms with Crippen LogP contribution in [-0.2, 0) is 0 Å². The number of aromatic nitrogens is 1. The summed E-state index contributed by atoms with van der Waals surface area (Å²) in [6.45, 7) is 8.68. The first-order valence-electron chi connectivity index (χ1n) is 8.78. The molecule has 4 heteroatoms. The van der Waals surface area contributed by atoms with Crippen LogP contribution in [0.3, 0.4) is 0 Å². The van der Waals surface area contributed by atoms with Crippen LogP contribution < -0.4 is 4.90 Å². The summed E-state index contributed by atoms with van der Waals surface area (Å²) < 4.78 is 0. The zero-order valence-electron chi connectivity index (χ0n) is 14.9. The lowest BCUT2D eigenvalue weighted by atomic mass is 10.2. The Morgan fingerprint density at radius 2 is 1.62 bits per heavy atom. The molecule has 0 saturated heterocycles. The van der Waals surface area contributed by atoms with Crippen LogP contribution in [0.15, 0.2) is 48.8 Å². The van der Waals surface area contributed by atoms with Crippen LogP contribution in [0, 0.1) is 0 Å². The fourth-order valence-electron chi connectivity index (χ4n) is 2.85. The molecule has 1 aromatic carbocycles. The molecule has 0 saturated carbocycles. The molecule has 128 valence electrons. The minimum Gasteiger partial charge on any atom is -0.340 e. The predicted molar refractivity (Wildman–Crippen MR) is 99.8 cm³/mol. The minimum absolute atomic E-state index is 0.0668. The third kappa shape index (κ3) is 4.34. The number of amides is 1. The van der Waals surface area contributed by atoms with Gasteiger partial charge >= 0.3 is 0 Å². The Morgan fingerprint density at radius 1 is 0.958 bits per heavy atom. The molecule has 0 aliphatic carbocycles. The molecule has 0 spiro atoms. The van der Waals surface area contributed by atoms with Crippen molar-refractivity contribution in [1.82, 2.24) is 9.88 Å². The third-order valence-corrected chi connectivity index (χ3v) is 3.94. The number of para-hydroxylation sites is 1. The van der Waals surface area contributed by atoms with E-state index in [4.69, 9.17) is 0 Å². The van der Waals surface area contributed by atoms with Crippen molar-refractivity contribution in [2.75, 3.05) is 24.5 Å². The Labute approximate surface area is 145 Å². The maximum Gasteiger partial charge on any atom is 0.255 e. The van der Waals surface area contributed by atoms with E-state index >= 15 is 0 Å². The van der Waals surface area contributed by atoms with E-state index in [-0.39, 0.29) is 5.91 Å². The highest BCUT2D eigenvalue weighted by Crippen LogP contribution is 2.25. The lowest BCUT2D eigenvalue weighted by Crippen LogP contribution is -2.32. The molecule has 1 heterocycles. The number of nitrogens with zero attached hydrogens (tertiary/aromatic N) is 3. The maximum absolute atomic E-state index is 12.8. The number of carbonyl (C=O) groups is 1. The topological polar surface area (TPSA) is 36.4 Å². The van der Waals surface area contributed by atoms with Gasteiger partial charge in [0.05, 0.1) is 17.4 Å². The van der Waals surface area contributed by atoms with E-state index in [1.807, 2.05) is 35.4 Å². The molecule has 0 bridgehead atoms. The number of anilines is 2. The molecule has 0 radical (unpaired) electrons. The number of benzene rings is 1. The quantitative estimate of drug-likeness (QED) is 0.717. The average molecular weight is 325 g/mol. The van der Waals surface area contributed by atoms with Gasteiger partial charge < -0.3 is 9.80 Å². The number of pyridine rings is 1. The van der Waals surface area contributed by atoms with Crippen molar-refractivity contribution >= 4 is 17.3 Å². The smallest absolute Gasteiger partial charge is 0.255 e. The second kappa shape index (κ2) is 9.06. The van der Waals surface area contributed by atoms with Crippen molar-refractivity contribution < 1.29 is 4.79 Å². The van der Waals surface area contributed by atoms with Crippen molar-refractivity contribution in [3.8, 4) is 0 Å². The van der Waals surface area contributed by atoms with Gasteiger partial charge in [0.15, 0.2) is 0 Å². The summed E-state index contributed by atoms with van der Waals surface area (Å²) >= 11 is 0. The van der Waals surface area contributed by atoms with Gasteiger partial charge in [-0.2, -0.15) is 0 Å². The summed E-state index contributed by atoms with van der Waals surface area (Å²) in [5.41, 5.74) is 2.71. The molecule has 0 aliphatic heterocycles. The standard InChI is InChI=1S/C20H27N3O/c1-4-12-22(13-5-2)20(24)17-14-19(16-21-15-17)23(6-3)18-10-8-7-9-11-18/h7-11,14-16H,4-6,12-13H2,1-3H3. The molecule has 2 rings (SSSR count). The van der Waals surface area contributed by atoms with Gasteiger partial charge in [0.25, 0.3) is 5.91 Å². The summed E-state index contributed by atoms with van der Waals surface area (Å²) in [4.78, 5) is 21.2. The first-order valence-corrected chi connectivity index (χ1v) is 8.78. The number of carbonyl (C=O) groups excluding carboxylic acids is 1. The molecule has 0 unspecified atom stereocenters. The number of hydrogen-bond donors (Lipinski definition) is 0. The minimum atomic E-state index is 0.0668. The molecule has 0 atom stereocenters. The highest BCUT2D eigenvalue weighted by atomic mass is 16.2. The van der Waals surface area contributed by atoms with Crippen molar-refractivity contribution in [3.63, 3.8) is 0 Å². The Balaban J connectivity index is 2.28. The zero-order valence-corrected chi connectivity index (χ0v) is 14.9. The van der Waals surface area contributed by atoms with E-state index in [0.29, 0.717) is 5.56 Å². The Morgan fingerprint density at radius 3 is 2.21 bits per heavy atom. The fraction of sp³-hybridized carbons (Fsp3) is 0.400. The van der Waals surface area contributed by atoms with Crippen LogP contribution in [-0.4, -0.2) is 35.4 Å². The third-order valence-electron chi connectivity index (χ3n) is 3.94. The van der Waals surface area contributed by atoms with Gasteiger partial charge in [-0.3, -0.25) is 9.78 Å². The first-order chi connectivity index (χ1) is 11.7. The molecule has 0 N–H and O–H groups in total. The highest BCUT2D eigenvalue weighted by molar-refractivity contribution is 5.95. The molecule has 2 aromatic rings. The molecular formula is C20H27N3O. The van der Waals surface area contributed by atoms with Gasteiger partial charge in [-0.15, -0.1) is 0 Å². The SMILES string of the molecule is CCCN(CCC)C(=O)c1cncc(N(CC)c2ccccc2)c1. The summed E-state index contributed by atoms with van der Waals surface area (Å²) in [7, 11) is 0. The first kappa shape index (κ1) is 18.0. The highest BCUT2D eigenvalue weighted by Gasteiger charge is 2.16. The summed E-state index contributed by atoms with van der Waals surface area (Å²) in [5.74, 6) is 0.0668. The van der Waals surface area contributed by atoms with E-state index in [1.54, 1.807) is 6.20 Å². The normalized spacial score (nSPS) is 10.5. The predicted octanol–water partition coefficient (Wildman–Crippen LogP) is 4.50. The Bertz CT molecular complexity index is 636. The van der Waals surface area contributed by atoms with Crippen molar-refractivity contribution in [2.45, 2.75) is 33.6 Å². The van der Waals surface area contributed by atoms with Crippen molar-refractivity contribution in [3.05, 3.63) is 54.4 Å². The lowest BCUT2D eigenvalue weighted by Gasteiger charge is -2.25. The second-order valence-electron chi connectivity index (χ2n) is 5.80. The van der Waals surface area contributed by atoms with Gasteiger partial charge in [0.2, 0.25) is 0 Å². The van der Waals surface area contributed by atoms with Crippen LogP contribution >= 0.6 is 0 Å². The zero-order chi connectivity index (χ0) is 17.4. The molecular weight excluding hydrogens is 298 g/mol. The molecule has 1 aromatic heterocycles. The molecule has 1 amide bonds. The van der Waals surface area contributed by atoms with E-state index in [9.17, 15) is 4.79 Å². The number of rotatable bonds is 8. The summed E-state index contributed by atoms with van der Waals surface area (Å²) in [5, 5.41) is 0. The molecule has 24 heavy (non-hydrogen) atoms. The summed E-state index contributed by atoms with van der Waals surface area (Å²) in [6, 6.07) is 12.1. The number of hydrogen-bond acceptors (Lipinski definition) is 3. The van der Waals surface area contributed by atoms with Crippen molar-refractivity contribution in [2.24, 2.45) is 0 Å². The van der Waals surface area contributed by atoms with Gasteiger partial charge in [-0.05, 0) is 38.0 Å². The Hall–Kier alpha value is -2.36. The average Bonchev–Trinajstić information content (AvgIpc) is 2.63. The van der Waals surface area contributed by atoms with Crippen molar-refractivity contribution in [1.29, 1.82) is 0 Å². The lowest BCUT2D eigenvalue weighted by molar-refractivity contribution is 0.0755. The largest absolute Gasteiger partial charge is 0.340 e. The molecule has 4 nitrogen and oxygen atoms in total. The summed E-state index contributed by atoms with van der Waals surface area (Å²) in [6.07, 6.45) is 5.41. The maximum atomic E-state index is 12.8. The van der Waals surface area contributed by atoms with Gasteiger partial charge in [-0.1, -0.05) is 32.0 Å². The van der Waals surface area contributed by atoms with E-state index in [2.05, 4.69) is 42.8 Å². The molecule has 0 aliphatic rings. The monoisotopic (exact) mass is 325 g/mol. The van der Waals surface area contributed by atoms with Crippen LogP contribution in [0.1, 0.15) is 44.0 Å². The van der Waals surface area contributed by atoms with Crippen LogP contribution in [0.25, 0.3) is 0 Å². The second-order valence-corrected chi connectivity index (χ2v) is 5.80. The van der Waals surface area contributed by atoms with Crippen LogP contribution in [0.4, 0.5) is 11.4 Å². The van der Waals surface area contributed by atoms with E-state index < -0.39 is 0 Å². The van der Waals surface area contributed by atoms with Gasteiger partial charge in [0, 0.05) is 31.5 Å². The fourth-order valence-corrected chi connectivity index (χ4v) is 2.85. The van der Waals surface area contributed by atoms with Gasteiger partial charge in [0.1, 0.15) is 0 Å².